The number of carbonyl (C=O) groups is 2. The highest BCUT2D eigenvalue weighted by Gasteiger charge is 2.44. The largest absolute Gasteiger partial charge is 0.465 e. The van der Waals surface area contributed by atoms with Crippen molar-refractivity contribution in [2.75, 3.05) is 14.2 Å². The lowest BCUT2D eigenvalue weighted by molar-refractivity contribution is -0.142. The molecule has 26 heavy (non-hydrogen) atoms. The van der Waals surface area contributed by atoms with Crippen LogP contribution in [0.25, 0.3) is 0 Å². The van der Waals surface area contributed by atoms with Crippen molar-refractivity contribution in [3.63, 3.8) is 0 Å². The Morgan fingerprint density at radius 1 is 0.962 bits per heavy atom. The fraction of sp³-hybridized carbons (Fsp3) is 0.562. The molecule has 0 aliphatic rings. The zero-order valence-corrected chi connectivity index (χ0v) is 14.7. The molecule has 1 aromatic heterocycles. The maximum Gasteiger partial charge on any atom is 0.434 e. The second kappa shape index (κ2) is 7.96. The van der Waals surface area contributed by atoms with E-state index in [0.29, 0.717) is 0 Å². The summed E-state index contributed by atoms with van der Waals surface area (Å²) in [5.74, 6) is -4.01. The highest BCUT2D eigenvalue weighted by Crippen LogP contribution is 2.41. The number of alkyl halides is 5. The first-order valence-corrected chi connectivity index (χ1v) is 7.48. The lowest BCUT2D eigenvalue weighted by atomic mass is 9.82. The topological polar surface area (TPSA) is 65.5 Å². The first kappa shape index (κ1) is 21.8. The van der Waals surface area contributed by atoms with Crippen molar-refractivity contribution in [3.05, 3.63) is 28.1 Å². The quantitative estimate of drug-likeness (QED) is 0.558. The van der Waals surface area contributed by atoms with E-state index in [2.05, 4.69) is 14.5 Å². The van der Waals surface area contributed by atoms with Crippen LogP contribution in [0, 0.1) is 5.92 Å². The highest BCUT2D eigenvalue weighted by atomic mass is 19.4. The van der Waals surface area contributed by atoms with Crippen LogP contribution in [-0.4, -0.2) is 31.1 Å². The molecule has 0 bridgehead atoms. The minimum absolute atomic E-state index is 0.393. The summed E-state index contributed by atoms with van der Waals surface area (Å²) in [6.07, 6.45) is -8.71. The number of pyridine rings is 1. The maximum absolute atomic E-state index is 13.4. The van der Waals surface area contributed by atoms with E-state index in [-0.39, 0.29) is 0 Å². The molecule has 1 heterocycles. The number of ether oxygens (including phenoxy) is 2. The molecule has 0 amide bonds. The van der Waals surface area contributed by atoms with Gasteiger partial charge in [0.05, 0.1) is 25.3 Å². The Balaban J connectivity index is 4.18. The number of halogens is 5. The molecular weight excluding hydrogens is 365 g/mol. The van der Waals surface area contributed by atoms with Crippen LogP contribution in [0.2, 0.25) is 0 Å². The van der Waals surface area contributed by atoms with Crippen LogP contribution in [-0.2, 0) is 15.7 Å². The van der Waals surface area contributed by atoms with Gasteiger partial charge in [0.25, 0.3) is 6.43 Å². The van der Waals surface area contributed by atoms with Crippen LogP contribution >= 0.6 is 0 Å². The van der Waals surface area contributed by atoms with Gasteiger partial charge in [-0.05, 0) is 17.4 Å². The molecule has 1 rings (SSSR count). The van der Waals surface area contributed by atoms with Crippen LogP contribution in [0.1, 0.15) is 70.8 Å². The number of aromatic nitrogens is 1. The number of hydrogen-bond acceptors (Lipinski definition) is 5. The fourth-order valence-electron chi connectivity index (χ4n) is 2.40. The van der Waals surface area contributed by atoms with Gasteiger partial charge in [0, 0.05) is 0 Å². The van der Waals surface area contributed by atoms with E-state index in [1.165, 1.54) is 6.92 Å². The third kappa shape index (κ3) is 4.10. The van der Waals surface area contributed by atoms with Crippen molar-refractivity contribution in [2.24, 2.45) is 5.92 Å². The van der Waals surface area contributed by atoms with Crippen LogP contribution in [0.4, 0.5) is 22.0 Å². The Hall–Kier alpha value is -2.26. The first-order chi connectivity index (χ1) is 11.9. The van der Waals surface area contributed by atoms with Crippen molar-refractivity contribution in [2.45, 2.75) is 39.3 Å². The SMILES string of the molecule is COC(=O)c1c(C(F)F)nc(C(F)(F)F)c(C(=O)OC)c1C(C)C(C)C. The molecule has 1 unspecified atom stereocenters. The van der Waals surface area contributed by atoms with E-state index in [1.54, 1.807) is 13.8 Å². The van der Waals surface area contributed by atoms with Gasteiger partial charge in [-0.15, -0.1) is 0 Å². The Morgan fingerprint density at radius 3 is 1.77 bits per heavy atom. The lowest BCUT2D eigenvalue weighted by Crippen LogP contribution is -2.26. The van der Waals surface area contributed by atoms with Crippen LogP contribution < -0.4 is 0 Å². The normalized spacial score (nSPS) is 13.1. The molecule has 0 spiro atoms. The van der Waals surface area contributed by atoms with Gasteiger partial charge in [-0.2, -0.15) is 13.2 Å². The molecule has 0 aliphatic heterocycles. The second-order valence-electron chi connectivity index (χ2n) is 5.82. The molecule has 5 nitrogen and oxygen atoms in total. The fourth-order valence-corrected chi connectivity index (χ4v) is 2.40. The summed E-state index contributed by atoms with van der Waals surface area (Å²) in [7, 11) is 1.72. The van der Waals surface area contributed by atoms with Crippen LogP contribution in [0.3, 0.4) is 0 Å². The highest BCUT2D eigenvalue weighted by molar-refractivity contribution is 6.00. The summed E-state index contributed by atoms with van der Waals surface area (Å²) < 4.78 is 75.9. The van der Waals surface area contributed by atoms with Crippen LogP contribution in [0.5, 0.6) is 0 Å². The van der Waals surface area contributed by atoms with E-state index in [4.69, 9.17) is 0 Å². The molecular formula is C16H18F5NO4. The standard InChI is InChI=1S/C16H18F5NO4/c1-6(2)7(3)8-9(14(23)25-4)11(13(17)18)22-12(16(19,20)21)10(8)15(24)26-5/h6-7,13H,1-5H3. The number of rotatable bonds is 5. The summed E-state index contributed by atoms with van der Waals surface area (Å²) in [5, 5.41) is 0. The average molecular weight is 383 g/mol. The van der Waals surface area contributed by atoms with Gasteiger partial charge < -0.3 is 9.47 Å². The van der Waals surface area contributed by atoms with Crippen molar-refractivity contribution in [3.8, 4) is 0 Å². The zero-order valence-electron chi connectivity index (χ0n) is 14.7. The smallest absolute Gasteiger partial charge is 0.434 e. The number of hydrogen-bond donors (Lipinski definition) is 0. The van der Waals surface area contributed by atoms with Crippen molar-refractivity contribution >= 4 is 11.9 Å². The van der Waals surface area contributed by atoms with E-state index < -0.39 is 64.5 Å². The molecule has 1 atom stereocenters. The Bertz CT molecular complexity index is 701. The molecule has 10 heteroatoms. The Kier molecular flexibility index (Phi) is 6.67. The zero-order chi connectivity index (χ0) is 20.4. The molecule has 0 aromatic carbocycles. The maximum atomic E-state index is 13.4. The monoisotopic (exact) mass is 383 g/mol. The van der Waals surface area contributed by atoms with Gasteiger partial charge in [0.1, 0.15) is 5.69 Å². The molecule has 0 aliphatic carbocycles. The summed E-state index contributed by atoms with van der Waals surface area (Å²) in [4.78, 5) is 27.1. The Morgan fingerprint density at radius 2 is 1.42 bits per heavy atom. The average Bonchev–Trinajstić information content (AvgIpc) is 2.56. The third-order valence-electron chi connectivity index (χ3n) is 3.97. The first-order valence-electron chi connectivity index (χ1n) is 7.48. The molecule has 0 saturated carbocycles. The minimum atomic E-state index is -5.22. The Labute approximate surface area is 146 Å². The van der Waals surface area contributed by atoms with Gasteiger partial charge in [-0.25, -0.2) is 23.4 Å². The molecule has 0 fully saturated rings. The van der Waals surface area contributed by atoms with Crippen molar-refractivity contribution in [1.82, 2.24) is 4.98 Å². The van der Waals surface area contributed by atoms with Gasteiger partial charge in [-0.3, -0.25) is 0 Å². The molecule has 0 radical (unpaired) electrons. The third-order valence-corrected chi connectivity index (χ3v) is 3.97. The lowest BCUT2D eigenvalue weighted by Gasteiger charge is -2.25. The van der Waals surface area contributed by atoms with Gasteiger partial charge in [0.2, 0.25) is 0 Å². The summed E-state index contributed by atoms with van der Waals surface area (Å²) in [6, 6.07) is 0. The van der Waals surface area contributed by atoms with E-state index >= 15 is 0 Å². The number of nitrogens with zero attached hydrogens (tertiary/aromatic N) is 1. The second-order valence-corrected chi connectivity index (χ2v) is 5.82. The van der Waals surface area contributed by atoms with Crippen molar-refractivity contribution in [1.29, 1.82) is 0 Å². The van der Waals surface area contributed by atoms with E-state index in [0.717, 1.165) is 14.2 Å². The van der Waals surface area contributed by atoms with E-state index in [9.17, 15) is 31.5 Å². The summed E-state index contributed by atoms with van der Waals surface area (Å²) >= 11 is 0. The molecule has 0 N–H and O–H groups in total. The number of carbonyl (C=O) groups excluding carboxylic acids is 2. The van der Waals surface area contributed by atoms with E-state index in [1.807, 2.05) is 0 Å². The van der Waals surface area contributed by atoms with Gasteiger partial charge in [0.15, 0.2) is 5.69 Å². The number of methoxy groups -OCH3 is 2. The van der Waals surface area contributed by atoms with Gasteiger partial charge >= 0.3 is 18.1 Å². The number of esters is 2. The van der Waals surface area contributed by atoms with Gasteiger partial charge in [-0.1, -0.05) is 20.8 Å². The van der Waals surface area contributed by atoms with Crippen molar-refractivity contribution < 1.29 is 41.0 Å². The molecule has 146 valence electrons. The molecule has 0 saturated heterocycles. The summed E-state index contributed by atoms with van der Waals surface area (Å²) in [5.41, 5.74) is -5.64. The molecule has 1 aromatic rings. The predicted octanol–water partition coefficient (Wildman–Crippen LogP) is 4.37. The summed E-state index contributed by atoms with van der Waals surface area (Å²) in [6.45, 7) is 4.61. The van der Waals surface area contributed by atoms with Crippen LogP contribution in [0.15, 0.2) is 0 Å². The minimum Gasteiger partial charge on any atom is -0.465 e. The predicted molar refractivity (Wildman–Crippen MR) is 80.1 cm³/mol.